The minimum atomic E-state index is -0.931. The van der Waals surface area contributed by atoms with Crippen LogP contribution in [-0.2, 0) is 10.8 Å². The van der Waals surface area contributed by atoms with E-state index in [0.717, 1.165) is 0 Å². The Kier molecular flexibility index (Phi) is 5.77. The van der Waals surface area contributed by atoms with E-state index in [1.165, 1.54) is 12.1 Å². The van der Waals surface area contributed by atoms with Gasteiger partial charge in [-0.25, -0.2) is 4.39 Å². The molecular formula is C11H13BrFNO2S. The Balaban J connectivity index is 2.61. The monoisotopic (exact) mass is 321 g/mol. The van der Waals surface area contributed by atoms with Crippen LogP contribution in [0.25, 0.3) is 0 Å². The molecule has 1 rings (SSSR count). The third kappa shape index (κ3) is 4.20. The molecule has 17 heavy (non-hydrogen) atoms. The fraction of sp³-hybridized carbons (Fsp3) is 0.364. The molecule has 0 heterocycles. The van der Waals surface area contributed by atoms with Gasteiger partial charge in [0.1, 0.15) is 5.82 Å². The second-order valence-electron chi connectivity index (χ2n) is 3.29. The van der Waals surface area contributed by atoms with Crippen LogP contribution >= 0.6 is 15.9 Å². The molecular weight excluding hydrogens is 309 g/mol. The zero-order valence-corrected chi connectivity index (χ0v) is 11.7. The van der Waals surface area contributed by atoms with Crippen LogP contribution in [0.2, 0.25) is 0 Å². The molecule has 0 aliphatic heterocycles. The van der Waals surface area contributed by atoms with Crippen molar-refractivity contribution in [1.82, 2.24) is 5.32 Å². The van der Waals surface area contributed by atoms with Gasteiger partial charge in [0.15, 0.2) is 0 Å². The Hall–Kier alpha value is -0.750. The fourth-order valence-electron chi connectivity index (χ4n) is 1.23. The van der Waals surface area contributed by atoms with Crippen LogP contribution in [0.15, 0.2) is 22.7 Å². The van der Waals surface area contributed by atoms with Crippen LogP contribution in [0.1, 0.15) is 17.3 Å². The lowest BCUT2D eigenvalue weighted by Gasteiger charge is -2.07. The normalized spacial score (nSPS) is 12.2. The summed E-state index contributed by atoms with van der Waals surface area (Å²) >= 11 is 3.12. The molecule has 0 aliphatic carbocycles. The minimum absolute atomic E-state index is 0.0187. The maximum Gasteiger partial charge on any atom is 0.255 e. The highest BCUT2D eigenvalue weighted by atomic mass is 79.9. The lowest BCUT2D eigenvalue weighted by molar-refractivity contribution is 0.0951. The summed E-state index contributed by atoms with van der Waals surface area (Å²) in [7, 11) is -0.931. The lowest BCUT2D eigenvalue weighted by atomic mass is 10.2. The molecule has 0 radical (unpaired) electrons. The first-order valence-electron chi connectivity index (χ1n) is 5.13. The highest BCUT2D eigenvalue weighted by Crippen LogP contribution is 2.19. The van der Waals surface area contributed by atoms with Crippen LogP contribution in [0.3, 0.4) is 0 Å². The van der Waals surface area contributed by atoms with Gasteiger partial charge in [-0.1, -0.05) is 13.0 Å². The Bertz CT molecular complexity index is 419. The van der Waals surface area contributed by atoms with Crippen molar-refractivity contribution in [2.45, 2.75) is 6.92 Å². The smallest absolute Gasteiger partial charge is 0.255 e. The number of benzene rings is 1. The van der Waals surface area contributed by atoms with Crippen molar-refractivity contribution in [2.75, 3.05) is 18.1 Å². The zero-order valence-electron chi connectivity index (χ0n) is 9.33. The average molecular weight is 322 g/mol. The van der Waals surface area contributed by atoms with E-state index in [1.54, 1.807) is 6.07 Å². The Labute approximate surface area is 110 Å². The Morgan fingerprint density at radius 3 is 2.82 bits per heavy atom. The van der Waals surface area contributed by atoms with Gasteiger partial charge in [-0.2, -0.15) is 0 Å². The summed E-state index contributed by atoms with van der Waals surface area (Å²) in [6.07, 6.45) is 0. The summed E-state index contributed by atoms with van der Waals surface area (Å²) < 4.78 is 25.0. The van der Waals surface area contributed by atoms with E-state index in [1.807, 2.05) is 6.92 Å². The molecule has 0 saturated carbocycles. The zero-order chi connectivity index (χ0) is 12.8. The summed E-state index contributed by atoms with van der Waals surface area (Å²) in [5, 5.41) is 2.54. The van der Waals surface area contributed by atoms with Crippen LogP contribution in [-0.4, -0.2) is 28.2 Å². The van der Waals surface area contributed by atoms with E-state index in [9.17, 15) is 13.4 Å². The molecule has 0 fully saturated rings. The van der Waals surface area contributed by atoms with E-state index in [0.29, 0.717) is 16.0 Å². The maximum absolute atomic E-state index is 13.4. The molecule has 1 aromatic carbocycles. The van der Waals surface area contributed by atoms with E-state index in [4.69, 9.17) is 0 Å². The SMILES string of the molecule is CCS(=O)CCNC(=O)c1c(F)cccc1Br. The summed E-state index contributed by atoms with van der Waals surface area (Å²) in [6.45, 7) is 2.09. The number of nitrogens with one attached hydrogen (secondary N) is 1. The van der Waals surface area contributed by atoms with Gasteiger partial charge in [0, 0.05) is 33.3 Å². The van der Waals surface area contributed by atoms with Crippen molar-refractivity contribution < 1.29 is 13.4 Å². The van der Waals surface area contributed by atoms with E-state index < -0.39 is 22.5 Å². The number of carbonyl (C=O) groups is 1. The second kappa shape index (κ2) is 6.86. The maximum atomic E-state index is 13.4. The second-order valence-corrected chi connectivity index (χ2v) is 6.00. The molecule has 0 spiro atoms. The fourth-order valence-corrected chi connectivity index (χ4v) is 2.37. The summed E-state index contributed by atoms with van der Waals surface area (Å²) in [4.78, 5) is 11.7. The molecule has 6 heteroatoms. The predicted octanol–water partition coefficient (Wildman–Crippen LogP) is 2.09. The molecule has 0 aliphatic rings. The number of rotatable bonds is 5. The van der Waals surface area contributed by atoms with Gasteiger partial charge < -0.3 is 5.32 Å². The van der Waals surface area contributed by atoms with Gasteiger partial charge >= 0.3 is 0 Å². The van der Waals surface area contributed by atoms with Crippen molar-refractivity contribution in [1.29, 1.82) is 0 Å². The lowest BCUT2D eigenvalue weighted by Crippen LogP contribution is -2.29. The van der Waals surface area contributed by atoms with E-state index >= 15 is 0 Å². The van der Waals surface area contributed by atoms with Crippen LogP contribution in [0.4, 0.5) is 4.39 Å². The van der Waals surface area contributed by atoms with Crippen LogP contribution in [0.5, 0.6) is 0 Å². The third-order valence-electron chi connectivity index (χ3n) is 2.13. The van der Waals surface area contributed by atoms with Gasteiger partial charge in [-0.3, -0.25) is 9.00 Å². The number of carbonyl (C=O) groups excluding carboxylic acids is 1. The molecule has 1 aromatic rings. The Morgan fingerprint density at radius 2 is 2.24 bits per heavy atom. The minimum Gasteiger partial charge on any atom is -0.351 e. The average Bonchev–Trinajstić information content (AvgIpc) is 2.28. The van der Waals surface area contributed by atoms with E-state index in [-0.39, 0.29) is 12.1 Å². The summed E-state index contributed by atoms with van der Waals surface area (Å²) in [5.41, 5.74) is -0.0187. The first-order valence-corrected chi connectivity index (χ1v) is 7.41. The third-order valence-corrected chi connectivity index (χ3v) is 4.09. The highest BCUT2D eigenvalue weighted by Gasteiger charge is 2.14. The predicted molar refractivity (Wildman–Crippen MR) is 70.0 cm³/mol. The summed E-state index contributed by atoms with van der Waals surface area (Å²) in [5.74, 6) is -0.135. The van der Waals surface area contributed by atoms with Crippen molar-refractivity contribution in [3.63, 3.8) is 0 Å². The van der Waals surface area contributed by atoms with Gasteiger partial charge in [-0.15, -0.1) is 0 Å². The van der Waals surface area contributed by atoms with Gasteiger partial charge in [0.25, 0.3) is 5.91 Å². The Morgan fingerprint density at radius 1 is 1.53 bits per heavy atom. The van der Waals surface area contributed by atoms with Crippen molar-refractivity contribution in [3.8, 4) is 0 Å². The molecule has 1 amide bonds. The largest absolute Gasteiger partial charge is 0.351 e. The molecule has 1 unspecified atom stereocenters. The standard InChI is InChI=1S/C11H13BrFNO2S/c1-2-17(16)7-6-14-11(15)10-8(12)4-3-5-9(10)13/h3-5H,2,6-7H2,1H3,(H,14,15). The molecule has 0 aromatic heterocycles. The van der Waals surface area contributed by atoms with E-state index in [2.05, 4.69) is 21.2 Å². The number of hydrogen-bond acceptors (Lipinski definition) is 2. The molecule has 1 N–H and O–H groups in total. The van der Waals surface area contributed by atoms with Crippen molar-refractivity contribution >= 4 is 32.6 Å². The summed E-state index contributed by atoms with van der Waals surface area (Å²) in [6, 6.07) is 4.34. The molecule has 0 saturated heterocycles. The van der Waals surface area contributed by atoms with Gasteiger partial charge in [0.05, 0.1) is 5.56 Å². The quantitative estimate of drug-likeness (QED) is 0.902. The highest BCUT2D eigenvalue weighted by molar-refractivity contribution is 9.10. The first-order chi connectivity index (χ1) is 8.06. The molecule has 1 atom stereocenters. The topological polar surface area (TPSA) is 46.2 Å². The van der Waals surface area contributed by atoms with Crippen LogP contribution < -0.4 is 5.32 Å². The molecule has 0 bridgehead atoms. The van der Waals surface area contributed by atoms with Crippen LogP contribution in [0, 0.1) is 5.82 Å². The van der Waals surface area contributed by atoms with Gasteiger partial charge in [0.2, 0.25) is 0 Å². The van der Waals surface area contributed by atoms with Gasteiger partial charge in [-0.05, 0) is 28.1 Å². The number of halogens is 2. The number of amides is 1. The molecule has 94 valence electrons. The molecule has 3 nitrogen and oxygen atoms in total. The first kappa shape index (κ1) is 14.3. The van der Waals surface area contributed by atoms with Crippen molar-refractivity contribution in [3.05, 3.63) is 34.1 Å². The van der Waals surface area contributed by atoms with Crippen molar-refractivity contribution in [2.24, 2.45) is 0 Å². The number of hydrogen-bond donors (Lipinski definition) is 1.